The number of carbonyl (C=O) groups is 4. The molecule has 2 aromatic carbocycles. The smallest absolute Gasteiger partial charge is 0.244 e. The average molecular weight is 730 g/mol. The summed E-state index contributed by atoms with van der Waals surface area (Å²) >= 11 is 0. The van der Waals surface area contributed by atoms with Gasteiger partial charge in [-0.1, -0.05) is 74.5 Å². The first kappa shape index (κ1) is 44.4. The van der Waals surface area contributed by atoms with Gasteiger partial charge in [-0.3, -0.25) is 19.2 Å². The van der Waals surface area contributed by atoms with Crippen molar-refractivity contribution in [3.05, 3.63) is 71.8 Å². The highest BCUT2D eigenvalue weighted by Crippen LogP contribution is 2.20. The molecule has 2 aromatic rings. The number of nitrogens with one attached hydrogen (secondary N) is 2. The number of rotatable bonds is 24. The van der Waals surface area contributed by atoms with Crippen LogP contribution in [0.2, 0.25) is 0 Å². The number of hydrogen-bond acceptors (Lipinski definition) is 11. The van der Waals surface area contributed by atoms with Crippen LogP contribution in [0.5, 0.6) is 0 Å². The first-order valence-electron chi connectivity index (χ1n) is 17.9. The van der Waals surface area contributed by atoms with Crippen LogP contribution >= 0.6 is 0 Å². The normalized spacial score (nSPS) is 16.1. The molecule has 0 aliphatic heterocycles. The van der Waals surface area contributed by atoms with Crippen molar-refractivity contribution in [3.63, 3.8) is 0 Å². The van der Waals surface area contributed by atoms with Crippen LogP contribution in [0.3, 0.4) is 0 Å². The number of aliphatic hydroxyl groups is 5. The zero-order chi connectivity index (χ0) is 38.8. The molecule has 0 unspecified atom stereocenters. The summed E-state index contributed by atoms with van der Waals surface area (Å²) in [6, 6.07) is 15.5. The summed E-state index contributed by atoms with van der Waals surface area (Å²) in [5.74, 6) is -2.84. The fraction of sp³-hybridized carbons (Fsp3) is 0.579. The number of nitrogens with zero attached hydrogens (tertiary/aromatic N) is 1. The van der Waals surface area contributed by atoms with Gasteiger partial charge in [-0.15, -0.1) is 0 Å². The minimum Gasteiger partial charge on any atom is -0.394 e. The van der Waals surface area contributed by atoms with E-state index in [1.807, 2.05) is 74.5 Å². The second-order valence-electron chi connectivity index (χ2n) is 13.9. The van der Waals surface area contributed by atoms with Gasteiger partial charge in [0.25, 0.3) is 0 Å². The topological polar surface area (TPSA) is 249 Å². The van der Waals surface area contributed by atoms with E-state index in [4.69, 9.17) is 16.6 Å². The molecule has 0 heterocycles. The Kier molecular flexibility index (Phi) is 19.7. The molecule has 8 atom stereocenters. The van der Waals surface area contributed by atoms with Crippen molar-refractivity contribution >= 4 is 23.5 Å². The zero-order valence-corrected chi connectivity index (χ0v) is 30.5. The van der Waals surface area contributed by atoms with E-state index in [2.05, 4.69) is 10.6 Å². The Morgan fingerprint density at radius 1 is 0.769 bits per heavy atom. The minimum absolute atomic E-state index is 0.00333. The van der Waals surface area contributed by atoms with E-state index < -0.39 is 79.3 Å². The Hall–Kier alpha value is -3.76. The molecular weight excluding hydrogens is 670 g/mol. The monoisotopic (exact) mass is 729 g/mol. The summed E-state index contributed by atoms with van der Waals surface area (Å²) in [4.78, 5) is 55.8. The lowest BCUT2D eigenvalue weighted by atomic mass is 9.88. The lowest BCUT2D eigenvalue weighted by molar-refractivity contribution is -0.142. The predicted molar refractivity (Wildman–Crippen MR) is 196 cm³/mol. The number of Topliss-reactive ketones (excluding diaryl/α,β-unsaturated/α-hetero) is 1. The van der Waals surface area contributed by atoms with Crippen LogP contribution in [0.4, 0.5) is 0 Å². The van der Waals surface area contributed by atoms with Gasteiger partial charge in [0.15, 0.2) is 5.78 Å². The van der Waals surface area contributed by atoms with Crippen molar-refractivity contribution in [2.45, 2.75) is 101 Å². The van der Waals surface area contributed by atoms with E-state index in [0.717, 1.165) is 16.0 Å². The molecule has 0 aromatic heterocycles. The first-order chi connectivity index (χ1) is 24.7. The van der Waals surface area contributed by atoms with E-state index in [-0.39, 0.29) is 37.4 Å². The molecule has 0 saturated heterocycles. The van der Waals surface area contributed by atoms with Crippen molar-refractivity contribution < 1.29 is 44.7 Å². The third-order valence-corrected chi connectivity index (χ3v) is 8.92. The molecule has 0 aliphatic carbocycles. The van der Waals surface area contributed by atoms with Crippen molar-refractivity contribution in [2.24, 2.45) is 23.3 Å². The van der Waals surface area contributed by atoms with Gasteiger partial charge >= 0.3 is 0 Å². The second kappa shape index (κ2) is 23.0. The molecule has 52 heavy (non-hydrogen) atoms. The Labute approximate surface area is 306 Å². The lowest BCUT2D eigenvalue weighted by Gasteiger charge is -2.31. The Bertz CT molecular complexity index is 1370. The molecule has 3 amide bonds. The molecule has 2 rings (SSSR count). The summed E-state index contributed by atoms with van der Waals surface area (Å²) < 4.78 is 0. The lowest BCUT2D eigenvalue weighted by Crippen LogP contribution is -2.54. The van der Waals surface area contributed by atoms with Crippen LogP contribution < -0.4 is 22.1 Å². The number of unbranched alkanes of at least 4 members (excludes halogenated alkanes) is 1. The highest BCUT2D eigenvalue weighted by atomic mass is 16.4. The fourth-order valence-electron chi connectivity index (χ4n) is 5.92. The number of amides is 3. The van der Waals surface area contributed by atoms with Crippen molar-refractivity contribution in [3.8, 4) is 0 Å². The predicted octanol–water partition coefficient (Wildman–Crippen LogP) is -0.586. The first-order valence-corrected chi connectivity index (χ1v) is 17.9. The van der Waals surface area contributed by atoms with Crippen molar-refractivity contribution in [2.75, 3.05) is 26.7 Å². The number of nitrogens with two attached hydrogens (primary N) is 2. The summed E-state index contributed by atoms with van der Waals surface area (Å²) in [5, 5.41) is 55.0. The number of aliphatic hydroxyl groups excluding tert-OH is 5. The summed E-state index contributed by atoms with van der Waals surface area (Å²) in [6.45, 7) is 2.86. The minimum atomic E-state index is -1.87. The molecule has 290 valence electrons. The van der Waals surface area contributed by atoms with Crippen molar-refractivity contribution in [1.29, 1.82) is 0 Å². The van der Waals surface area contributed by atoms with Gasteiger partial charge in [-0.25, -0.2) is 0 Å². The van der Waals surface area contributed by atoms with Crippen LogP contribution in [0.1, 0.15) is 57.1 Å². The standard InChI is InChI=1S/C38H59N5O9/c1-24(2)18-27(36(50)41-29(16-10-11-17-39)38(52)43(3)22-32(46)34(48)35(49)33(47)23-44)21-31(45)30(20-26-14-8-5-9-15-26)42-37(51)28(40)19-25-12-6-4-7-13-25/h4-9,12-15,24,27-30,32-35,44,46-49H,10-11,16-23,39-40H2,1-3H3,(H,41,50)(H,42,51)/t27-,28+,29+,30+,32-,33+,34+,35+/m0/s1. The molecule has 0 fully saturated rings. The zero-order valence-electron chi connectivity index (χ0n) is 30.5. The summed E-state index contributed by atoms with van der Waals surface area (Å²) in [7, 11) is 1.35. The SMILES string of the molecule is CC(C)C[C@@H](CC(=O)[C@@H](Cc1ccccc1)NC(=O)[C@H](N)Cc1ccccc1)C(=O)N[C@H](CCCCN)C(=O)N(C)C[C@H](O)[C@@H](O)[C@H](O)[C@H](O)CO. The van der Waals surface area contributed by atoms with E-state index >= 15 is 0 Å². The molecular formula is C38H59N5O9. The van der Waals surface area contributed by atoms with E-state index in [1.54, 1.807) is 0 Å². The van der Waals surface area contributed by atoms with Crippen LogP contribution in [0.15, 0.2) is 60.7 Å². The summed E-state index contributed by atoms with van der Waals surface area (Å²) in [6.07, 6.45) is -5.34. The number of ketones is 1. The van der Waals surface area contributed by atoms with Gasteiger partial charge < -0.3 is 52.5 Å². The highest BCUT2D eigenvalue weighted by molar-refractivity contribution is 5.95. The molecule has 0 bridgehead atoms. The Morgan fingerprint density at radius 3 is 1.85 bits per heavy atom. The Balaban J connectivity index is 2.25. The molecule has 0 aliphatic rings. The maximum atomic E-state index is 14.0. The van der Waals surface area contributed by atoms with Gasteiger partial charge in [0, 0.05) is 25.9 Å². The maximum Gasteiger partial charge on any atom is 0.244 e. The third kappa shape index (κ3) is 15.1. The number of benzene rings is 2. The number of carbonyl (C=O) groups excluding carboxylic acids is 4. The third-order valence-electron chi connectivity index (χ3n) is 8.92. The number of likely N-dealkylation sites (N-methyl/N-ethyl adjacent to an activating group) is 1. The number of hydrogen-bond donors (Lipinski definition) is 9. The maximum absolute atomic E-state index is 14.0. The van der Waals surface area contributed by atoms with Gasteiger partial charge in [0.2, 0.25) is 17.7 Å². The molecule has 0 spiro atoms. The van der Waals surface area contributed by atoms with E-state index in [9.17, 15) is 39.6 Å². The van der Waals surface area contributed by atoms with Crippen LogP contribution in [-0.4, -0.2) is 123 Å². The molecule has 0 saturated carbocycles. The molecule has 14 nitrogen and oxygen atoms in total. The second-order valence-corrected chi connectivity index (χ2v) is 13.9. The van der Waals surface area contributed by atoms with Crippen LogP contribution in [0, 0.1) is 11.8 Å². The van der Waals surface area contributed by atoms with Crippen LogP contribution in [0.25, 0.3) is 0 Å². The molecule has 14 heteroatoms. The average Bonchev–Trinajstić information content (AvgIpc) is 3.12. The fourth-order valence-corrected chi connectivity index (χ4v) is 5.92. The quantitative estimate of drug-likeness (QED) is 0.0618. The van der Waals surface area contributed by atoms with E-state index in [0.29, 0.717) is 25.8 Å². The van der Waals surface area contributed by atoms with Gasteiger partial charge in [0.1, 0.15) is 30.5 Å². The van der Waals surface area contributed by atoms with Gasteiger partial charge in [-0.2, -0.15) is 0 Å². The highest BCUT2D eigenvalue weighted by Gasteiger charge is 2.35. The van der Waals surface area contributed by atoms with Crippen LogP contribution in [-0.2, 0) is 32.0 Å². The molecule has 0 radical (unpaired) electrons. The van der Waals surface area contributed by atoms with Gasteiger partial charge in [0.05, 0.1) is 18.7 Å². The van der Waals surface area contributed by atoms with Crippen molar-refractivity contribution in [1.82, 2.24) is 15.5 Å². The Morgan fingerprint density at radius 2 is 1.31 bits per heavy atom. The van der Waals surface area contributed by atoms with E-state index in [1.165, 1.54) is 7.05 Å². The summed E-state index contributed by atoms with van der Waals surface area (Å²) in [5.41, 5.74) is 13.6. The van der Waals surface area contributed by atoms with Gasteiger partial charge in [-0.05, 0) is 62.1 Å². The molecule has 11 N–H and O–H groups in total. The largest absolute Gasteiger partial charge is 0.394 e.